The summed E-state index contributed by atoms with van der Waals surface area (Å²) in [5, 5.41) is 2.36. The quantitative estimate of drug-likeness (QED) is 0.392. The molecule has 0 saturated carbocycles. The van der Waals surface area contributed by atoms with E-state index in [1.54, 1.807) is 48.5 Å². The van der Waals surface area contributed by atoms with Crippen LogP contribution in [0.2, 0.25) is 0 Å². The van der Waals surface area contributed by atoms with Crippen LogP contribution in [0.15, 0.2) is 72.8 Å². The highest BCUT2D eigenvalue weighted by Crippen LogP contribution is 2.26. The Balaban J connectivity index is 1.56. The van der Waals surface area contributed by atoms with Crippen molar-refractivity contribution in [2.75, 3.05) is 11.9 Å². The Hall–Kier alpha value is -4.27. The molecular formula is C24H19F2NO6. The van der Waals surface area contributed by atoms with E-state index >= 15 is 0 Å². The number of carbonyl (C=O) groups is 3. The number of amides is 1. The standard InChI is InChI=1S/C24H19F2NO6/c1-15(28)32-19-12-10-17(11-13-19)16-6-8-18(9-7-16)23(30)31-14-22(29)27-20-4-2-3-5-21(20)33-24(25)26/h2-13,24H,14H2,1H3,(H,27,29). The van der Waals surface area contributed by atoms with Crippen LogP contribution in [0.3, 0.4) is 0 Å². The summed E-state index contributed by atoms with van der Waals surface area (Å²) >= 11 is 0. The number of benzene rings is 3. The minimum atomic E-state index is -3.05. The number of para-hydroxylation sites is 2. The lowest BCUT2D eigenvalue weighted by atomic mass is 10.0. The fraction of sp³-hybridized carbons (Fsp3) is 0.125. The normalized spacial score (nSPS) is 10.4. The van der Waals surface area contributed by atoms with Gasteiger partial charge in [-0.1, -0.05) is 36.4 Å². The van der Waals surface area contributed by atoms with Crippen molar-refractivity contribution in [2.45, 2.75) is 13.5 Å². The van der Waals surface area contributed by atoms with Gasteiger partial charge in [0.2, 0.25) is 0 Å². The van der Waals surface area contributed by atoms with Gasteiger partial charge in [0.25, 0.3) is 5.91 Å². The summed E-state index contributed by atoms with van der Waals surface area (Å²) < 4.78 is 39.2. The molecule has 0 unspecified atom stereocenters. The van der Waals surface area contributed by atoms with Gasteiger partial charge < -0.3 is 19.5 Å². The van der Waals surface area contributed by atoms with Crippen molar-refractivity contribution in [3.05, 3.63) is 78.4 Å². The zero-order chi connectivity index (χ0) is 23.8. The van der Waals surface area contributed by atoms with E-state index in [0.29, 0.717) is 5.75 Å². The van der Waals surface area contributed by atoms with Crippen LogP contribution in [0.4, 0.5) is 14.5 Å². The van der Waals surface area contributed by atoms with Crippen LogP contribution < -0.4 is 14.8 Å². The van der Waals surface area contributed by atoms with Gasteiger partial charge >= 0.3 is 18.6 Å². The Morgan fingerprint density at radius 1 is 0.879 bits per heavy atom. The second-order valence-corrected chi connectivity index (χ2v) is 6.69. The molecule has 3 aromatic carbocycles. The molecule has 0 fully saturated rings. The number of rotatable bonds is 8. The monoisotopic (exact) mass is 455 g/mol. The summed E-state index contributed by atoms with van der Waals surface area (Å²) in [5.74, 6) is -1.63. The maximum absolute atomic E-state index is 12.5. The van der Waals surface area contributed by atoms with Crippen LogP contribution in [-0.2, 0) is 14.3 Å². The van der Waals surface area contributed by atoms with Crippen molar-refractivity contribution in [1.82, 2.24) is 0 Å². The number of nitrogens with one attached hydrogen (secondary N) is 1. The average Bonchev–Trinajstić information content (AvgIpc) is 2.79. The maximum Gasteiger partial charge on any atom is 0.387 e. The minimum absolute atomic E-state index is 0.0305. The van der Waals surface area contributed by atoms with Crippen LogP contribution in [0.25, 0.3) is 11.1 Å². The van der Waals surface area contributed by atoms with Gasteiger partial charge in [0.15, 0.2) is 6.61 Å². The van der Waals surface area contributed by atoms with Gasteiger partial charge in [-0.3, -0.25) is 9.59 Å². The maximum atomic E-state index is 12.5. The number of halogens is 2. The Morgan fingerprint density at radius 2 is 1.48 bits per heavy atom. The summed E-state index contributed by atoms with van der Waals surface area (Å²) in [5.41, 5.74) is 1.91. The van der Waals surface area contributed by atoms with E-state index in [1.807, 2.05) is 0 Å². The molecule has 9 heteroatoms. The number of hydrogen-bond acceptors (Lipinski definition) is 6. The molecule has 170 valence electrons. The van der Waals surface area contributed by atoms with E-state index in [0.717, 1.165) is 11.1 Å². The average molecular weight is 455 g/mol. The molecule has 0 aliphatic rings. The van der Waals surface area contributed by atoms with Crippen LogP contribution in [0.5, 0.6) is 11.5 Å². The molecule has 33 heavy (non-hydrogen) atoms. The van der Waals surface area contributed by atoms with Crippen molar-refractivity contribution in [2.24, 2.45) is 0 Å². The Labute approximate surface area is 187 Å². The van der Waals surface area contributed by atoms with Gasteiger partial charge in [-0.2, -0.15) is 8.78 Å². The molecule has 0 aliphatic heterocycles. The molecule has 0 aliphatic carbocycles. The molecule has 0 atom stereocenters. The molecule has 1 amide bonds. The van der Waals surface area contributed by atoms with E-state index in [4.69, 9.17) is 9.47 Å². The smallest absolute Gasteiger partial charge is 0.387 e. The SMILES string of the molecule is CC(=O)Oc1ccc(-c2ccc(C(=O)OCC(=O)Nc3ccccc3OC(F)F)cc2)cc1. The molecule has 1 N–H and O–H groups in total. The van der Waals surface area contributed by atoms with E-state index in [9.17, 15) is 23.2 Å². The molecular weight excluding hydrogens is 436 g/mol. The number of alkyl halides is 2. The summed E-state index contributed by atoms with van der Waals surface area (Å²) in [6.45, 7) is -2.34. The molecule has 0 saturated heterocycles. The Bertz CT molecular complexity index is 1130. The van der Waals surface area contributed by atoms with Crippen molar-refractivity contribution >= 4 is 23.5 Å². The third-order valence-corrected chi connectivity index (χ3v) is 4.28. The van der Waals surface area contributed by atoms with Crippen molar-refractivity contribution in [3.8, 4) is 22.6 Å². The highest BCUT2D eigenvalue weighted by atomic mass is 19.3. The molecule has 0 bridgehead atoms. The Kier molecular flexibility index (Phi) is 7.69. The molecule has 0 heterocycles. The summed E-state index contributed by atoms with van der Waals surface area (Å²) in [4.78, 5) is 35.3. The van der Waals surface area contributed by atoms with Crippen molar-refractivity contribution in [3.63, 3.8) is 0 Å². The molecule has 3 rings (SSSR count). The summed E-state index contributed by atoms with van der Waals surface area (Å²) in [6.07, 6.45) is 0. The fourth-order valence-electron chi connectivity index (χ4n) is 2.85. The van der Waals surface area contributed by atoms with Crippen LogP contribution >= 0.6 is 0 Å². The first-order valence-corrected chi connectivity index (χ1v) is 9.71. The minimum Gasteiger partial charge on any atom is -0.452 e. The molecule has 0 radical (unpaired) electrons. The van der Waals surface area contributed by atoms with Crippen LogP contribution in [-0.4, -0.2) is 31.1 Å². The van der Waals surface area contributed by atoms with E-state index in [2.05, 4.69) is 10.1 Å². The third-order valence-electron chi connectivity index (χ3n) is 4.28. The summed E-state index contributed by atoms with van der Waals surface area (Å²) in [6, 6.07) is 19.0. The molecule has 3 aromatic rings. The van der Waals surface area contributed by atoms with Crippen molar-refractivity contribution < 1.29 is 37.4 Å². The molecule has 0 spiro atoms. The number of hydrogen-bond donors (Lipinski definition) is 1. The second-order valence-electron chi connectivity index (χ2n) is 6.69. The predicted octanol–water partition coefficient (Wildman–Crippen LogP) is 4.68. The fourth-order valence-corrected chi connectivity index (χ4v) is 2.85. The van der Waals surface area contributed by atoms with E-state index < -0.39 is 31.1 Å². The number of anilines is 1. The van der Waals surface area contributed by atoms with Gasteiger partial charge in [-0.15, -0.1) is 0 Å². The first-order chi connectivity index (χ1) is 15.8. The predicted molar refractivity (Wildman–Crippen MR) is 115 cm³/mol. The van der Waals surface area contributed by atoms with Gasteiger partial charge in [0.05, 0.1) is 11.3 Å². The summed E-state index contributed by atoms with van der Waals surface area (Å²) in [7, 11) is 0. The van der Waals surface area contributed by atoms with Crippen molar-refractivity contribution in [1.29, 1.82) is 0 Å². The van der Waals surface area contributed by atoms with Gasteiger partial charge in [0.1, 0.15) is 11.5 Å². The first kappa shape index (κ1) is 23.4. The Morgan fingerprint density at radius 3 is 2.09 bits per heavy atom. The zero-order valence-electron chi connectivity index (χ0n) is 17.4. The lowest BCUT2D eigenvalue weighted by Gasteiger charge is -2.12. The van der Waals surface area contributed by atoms with Crippen LogP contribution in [0, 0.1) is 0 Å². The van der Waals surface area contributed by atoms with Gasteiger partial charge in [-0.05, 0) is 47.5 Å². The highest BCUT2D eigenvalue weighted by molar-refractivity contribution is 5.96. The van der Waals surface area contributed by atoms with Gasteiger partial charge in [-0.25, -0.2) is 4.79 Å². The largest absolute Gasteiger partial charge is 0.452 e. The lowest BCUT2D eigenvalue weighted by molar-refractivity contribution is -0.131. The van der Waals surface area contributed by atoms with E-state index in [-0.39, 0.29) is 17.0 Å². The highest BCUT2D eigenvalue weighted by Gasteiger charge is 2.14. The number of ether oxygens (including phenoxy) is 3. The van der Waals surface area contributed by atoms with Gasteiger partial charge in [0, 0.05) is 6.92 Å². The number of carbonyl (C=O) groups excluding carboxylic acids is 3. The lowest BCUT2D eigenvalue weighted by Crippen LogP contribution is -2.21. The molecule has 7 nitrogen and oxygen atoms in total. The zero-order valence-corrected chi connectivity index (χ0v) is 17.4. The third kappa shape index (κ3) is 6.86. The molecule has 0 aromatic heterocycles. The second kappa shape index (κ2) is 10.9. The van der Waals surface area contributed by atoms with Crippen LogP contribution in [0.1, 0.15) is 17.3 Å². The topological polar surface area (TPSA) is 90.9 Å². The number of esters is 2. The first-order valence-electron chi connectivity index (χ1n) is 9.71. The van der Waals surface area contributed by atoms with E-state index in [1.165, 1.54) is 31.2 Å².